The van der Waals surface area contributed by atoms with Gasteiger partial charge in [-0.2, -0.15) is 0 Å². The van der Waals surface area contributed by atoms with Crippen molar-refractivity contribution >= 4 is 27.5 Å². The van der Waals surface area contributed by atoms with Crippen molar-refractivity contribution in [2.75, 3.05) is 0 Å². The summed E-state index contributed by atoms with van der Waals surface area (Å²) >= 11 is 9.24. The van der Waals surface area contributed by atoms with Gasteiger partial charge >= 0.3 is 0 Å². The predicted molar refractivity (Wildman–Crippen MR) is 64.9 cm³/mol. The van der Waals surface area contributed by atoms with Crippen LogP contribution in [0, 0.1) is 6.92 Å². The van der Waals surface area contributed by atoms with Gasteiger partial charge in [0.1, 0.15) is 11.5 Å². The summed E-state index contributed by atoms with van der Waals surface area (Å²) in [7, 11) is 0. The van der Waals surface area contributed by atoms with Gasteiger partial charge in [-0.1, -0.05) is 33.6 Å². The summed E-state index contributed by atoms with van der Waals surface area (Å²) in [6.45, 7) is 2.04. The molecule has 0 saturated heterocycles. The van der Waals surface area contributed by atoms with Gasteiger partial charge < -0.3 is 0 Å². The molecule has 0 aliphatic carbocycles. The molecule has 0 fully saturated rings. The lowest BCUT2D eigenvalue weighted by atomic mass is 10.1. The Morgan fingerprint density at radius 2 is 2.00 bits per heavy atom. The number of hydrogen-bond donors (Lipinski definition) is 0. The van der Waals surface area contributed by atoms with Gasteiger partial charge in [0.05, 0.1) is 5.69 Å². The van der Waals surface area contributed by atoms with Gasteiger partial charge in [0.2, 0.25) is 0 Å². The van der Waals surface area contributed by atoms with E-state index in [-0.39, 0.29) is 0 Å². The van der Waals surface area contributed by atoms with Crippen LogP contribution in [0.3, 0.4) is 0 Å². The van der Waals surface area contributed by atoms with Gasteiger partial charge in [-0.3, -0.25) is 0 Å². The van der Waals surface area contributed by atoms with E-state index in [2.05, 4.69) is 25.9 Å². The average Bonchev–Trinajstić information content (AvgIpc) is 2.17. The molecule has 4 heteroatoms. The van der Waals surface area contributed by atoms with Crippen molar-refractivity contribution in [3.05, 3.63) is 45.8 Å². The average molecular weight is 284 g/mol. The largest absolute Gasteiger partial charge is 0.236 e. The van der Waals surface area contributed by atoms with Crippen LogP contribution in [-0.4, -0.2) is 9.97 Å². The van der Waals surface area contributed by atoms with Crippen molar-refractivity contribution in [1.82, 2.24) is 9.97 Å². The molecular weight excluding hydrogens is 275 g/mol. The fourth-order valence-corrected chi connectivity index (χ4v) is 2.02. The van der Waals surface area contributed by atoms with Crippen LogP contribution in [0.2, 0.25) is 5.15 Å². The minimum atomic E-state index is 0.460. The highest BCUT2D eigenvalue weighted by molar-refractivity contribution is 9.10. The van der Waals surface area contributed by atoms with Crippen molar-refractivity contribution < 1.29 is 0 Å². The van der Waals surface area contributed by atoms with E-state index >= 15 is 0 Å². The Kier molecular flexibility index (Phi) is 3.03. The van der Waals surface area contributed by atoms with E-state index in [1.807, 2.05) is 25.1 Å². The van der Waals surface area contributed by atoms with Gasteiger partial charge in [0.25, 0.3) is 0 Å². The van der Waals surface area contributed by atoms with E-state index in [1.165, 1.54) is 6.33 Å². The molecule has 0 amide bonds. The molecule has 1 aromatic heterocycles. The van der Waals surface area contributed by atoms with Gasteiger partial charge in [0, 0.05) is 16.1 Å². The van der Waals surface area contributed by atoms with Crippen molar-refractivity contribution in [2.24, 2.45) is 0 Å². The van der Waals surface area contributed by atoms with Crippen molar-refractivity contribution in [3.63, 3.8) is 0 Å². The topological polar surface area (TPSA) is 25.8 Å². The molecule has 1 heterocycles. The van der Waals surface area contributed by atoms with Gasteiger partial charge in [0.15, 0.2) is 0 Å². The van der Waals surface area contributed by atoms with Crippen molar-refractivity contribution in [2.45, 2.75) is 6.92 Å². The first-order chi connectivity index (χ1) is 7.16. The first-order valence-electron chi connectivity index (χ1n) is 4.41. The van der Waals surface area contributed by atoms with Crippen LogP contribution < -0.4 is 0 Å². The third kappa shape index (κ3) is 2.36. The Hall–Kier alpha value is -0.930. The molecule has 2 nitrogen and oxygen atoms in total. The van der Waals surface area contributed by atoms with Crippen LogP contribution >= 0.6 is 27.5 Å². The zero-order valence-corrected chi connectivity index (χ0v) is 10.4. The Morgan fingerprint density at radius 1 is 1.20 bits per heavy atom. The Bertz CT molecular complexity index is 500. The monoisotopic (exact) mass is 282 g/mol. The molecule has 2 aromatic rings. The molecule has 76 valence electrons. The summed E-state index contributed by atoms with van der Waals surface area (Å²) in [5.74, 6) is 0. The smallest absolute Gasteiger partial charge is 0.133 e. The minimum absolute atomic E-state index is 0.460. The molecule has 0 saturated carbocycles. The first kappa shape index (κ1) is 10.6. The normalized spacial score (nSPS) is 10.3. The second-order valence-electron chi connectivity index (χ2n) is 3.19. The molecule has 15 heavy (non-hydrogen) atoms. The SMILES string of the molecule is Cc1cc(Br)ccc1-c1cc(Cl)ncn1. The minimum Gasteiger partial charge on any atom is -0.236 e. The Labute approximate surface area is 101 Å². The van der Waals surface area contributed by atoms with E-state index < -0.39 is 0 Å². The first-order valence-corrected chi connectivity index (χ1v) is 5.58. The van der Waals surface area contributed by atoms with Crippen molar-refractivity contribution in [3.8, 4) is 11.3 Å². The number of nitrogens with zero attached hydrogens (tertiary/aromatic N) is 2. The molecular formula is C11H8BrClN2. The highest BCUT2D eigenvalue weighted by atomic mass is 79.9. The van der Waals surface area contributed by atoms with E-state index in [0.717, 1.165) is 21.3 Å². The number of halogens is 2. The number of aryl methyl sites for hydroxylation is 1. The molecule has 0 spiro atoms. The molecule has 1 aromatic carbocycles. The van der Waals surface area contributed by atoms with Gasteiger partial charge in [-0.15, -0.1) is 0 Å². The zero-order chi connectivity index (χ0) is 10.8. The van der Waals surface area contributed by atoms with Crippen molar-refractivity contribution in [1.29, 1.82) is 0 Å². The lowest BCUT2D eigenvalue weighted by molar-refractivity contribution is 1.17. The summed E-state index contributed by atoms with van der Waals surface area (Å²) in [5.41, 5.74) is 3.07. The quantitative estimate of drug-likeness (QED) is 0.743. The Morgan fingerprint density at radius 3 is 2.67 bits per heavy atom. The van der Waals surface area contributed by atoms with E-state index in [0.29, 0.717) is 5.15 Å². The maximum Gasteiger partial charge on any atom is 0.133 e. The maximum absolute atomic E-state index is 5.82. The lowest BCUT2D eigenvalue weighted by Crippen LogP contribution is -1.88. The third-order valence-corrected chi connectivity index (χ3v) is 2.80. The lowest BCUT2D eigenvalue weighted by Gasteiger charge is -2.05. The van der Waals surface area contributed by atoms with Gasteiger partial charge in [-0.05, 0) is 24.6 Å². The fraction of sp³-hybridized carbons (Fsp3) is 0.0909. The summed E-state index contributed by atoms with van der Waals surface area (Å²) in [4.78, 5) is 8.05. The standard InChI is InChI=1S/C11H8BrClN2/c1-7-4-8(12)2-3-9(7)10-5-11(13)15-6-14-10/h2-6H,1H3. The predicted octanol–water partition coefficient (Wildman–Crippen LogP) is 3.87. The molecule has 0 aliphatic heterocycles. The Balaban J connectivity index is 2.54. The maximum atomic E-state index is 5.82. The van der Waals surface area contributed by atoms with Crippen LogP contribution in [0.15, 0.2) is 35.1 Å². The van der Waals surface area contributed by atoms with Crippen LogP contribution in [0.1, 0.15) is 5.56 Å². The summed E-state index contributed by atoms with van der Waals surface area (Å²) in [6.07, 6.45) is 1.47. The molecule has 0 unspecified atom stereocenters. The zero-order valence-electron chi connectivity index (χ0n) is 8.04. The summed E-state index contributed by atoms with van der Waals surface area (Å²) in [6, 6.07) is 7.81. The van der Waals surface area contributed by atoms with E-state index in [9.17, 15) is 0 Å². The summed E-state index contributed by atoms with van der Waals surface area (Å²) < 4.78 is 1.06. The fourth-order valence-electron chi connectivity index (χ4n) is 1.40. The molecule has 0 radical (unpaired) electrons. The second kappa shape index (κ2) is 4.29. The third-order valence-electron chi connectivity index (χ3n) is 2.10. The number of aromatic nitrogens is 2. The molecule has 0 atom stereocenters. The number of benzene rings is 1. The molecule has 0 N–H and O–H groups in total. The second-order valence-corrected chi connectivity index (χ2v) is 4.49. The van der Waals surface area contributed by atoms with Gasteiger partial charge in [-0.25, -0.2) is 9.97 Å². The van der Waals surface area contributed by atoms with E-state index in [4.69, 9.17) is 11.6 Å². The van der Waals surface area contributed by atoms with E-state index in [1.54, 1.807) is 6.07 Å². The van der Waals surface area contributed by atoms with Crippen LogP contribution in [0.25, 0.3) is 11.3 Å². The highest BCUT2D eigenvalue weighted by Crippen LogP contribution is 2.25. The highest BCUT2D eigenvalue weighted by Gasteiger charge is 2.04. The van der Waals surface area contributed by atoms with Crippen LogP contribution in [0.4, 0.5) is 0 Å². The van der Waals surface area contributed by atoms with Crippen LogP contribution in [0.5, 0.6) is 0 Å². The van der Waals surface area contributed by atoms with Crippen LogP contribution in [-0.2, 0) is 0 Å². The summed E-state index contributed by atoms with van der Waals surface area (Å²) in [5, 5.41) is 0.460. The number of hydrogen-bond acceptors (Lipinski definition) is 2. The number of rotatable bonds is 1. The molecule has 0 aliphatic rings. The molecule has 0 bridgehead atoms. The molecule has 2 rings (SSSR count).